The van der Waals surface area contributed by atoms with Gasteiger partial charge in [0.2, 0.25) is 10.0 Å². The lowest BCUT2D eigenvalue weighted by Crippen LogP contribution is -2.50. The molecule has 0 radical (unpaired) electrons. The molecule has 10 nitrogen and oxygen atoms in total. The lowest BCUT2D eigenvalue weighted by atomic mass is 9.99. The molecule has 2 aromatic rings. The summed E-state index contributed by atoms with van der Waals surface area (Å²) in [5.41, 5.74) is 0.593. The number of amides is 3. The van der Waals surface area contributed by atoms with Crippen LogP contribution in [0.15, 0.2) is 47.4 Å². The van der Waals surface area contributed by atoms with Crippen LogP contribution >= 0.6 is 11.6 Å². The van der Waals surface area contributed by atoms with E-state index in [9.17, 15) is 23.1 Å². The molecule has 0 saturated carbocycles. The molecule has 3 amide bonds. The fourth-order valence-electron chi connectivity index (χ4n) is 4.09. The van der Waals surface area contributed by atoms with Crippen LogP contribution in [0.1, 0.15) is 38.1 Å². The van der Waals surface area contributed by atoms with E-state index in [0.29, 0.717) is 10.7 Å². The number of hydrogen-bond donors (Lipinski definition) is 3. The minimum atomic E-state index is -3.83. The number of rotatable bonds is 8. The summed E-state index contributed by atoms with van der Waals surface area (Å²) in [5, 5.41) is 15.7. The molecule has 12 heteroatoms. The molecule has 0 fully saturated rings. The molecule has 0 spiro atoms. The Morgan fingerprint density at radius 3 is 2.47 bits per heavy atom. The topological polar surface area (TPSA) is 128 Å². The third kappa shape index (κ3) is 6.96. The number of urea groups is 1. The first kappa shape index (κ1) is 29.7. The van der Waals surface area contributed by atoms with Gasteiger partial charge in [-0.05, 0) is 63.2 Å². The van der Waals surface area contributed by atoms with E-state index in [1.165, 1.54) is 41.7 Å². The Morgan fingerprint density at radius 1 is 1.21 bits per heavy atom. The highest BCUT2D eigenvalue weighted by atomic mass is 35.5. The van der Waals surface area contributed by atoms with Gasteiger partial charge in [-0.2, -0.15) is 4.31 Å². The van der Waals surface area contributed by atoms with E-state index in [4.69, 9.17) is 16.3 Å². The fourth-order valence-corrected chi connectivity index (χ4v) is 5.39. The number of anilines is 1. The van der Waals surface area contributed by atoms with Gasteiger partial charge in [-0.25, -0.2) is 13.2 Å². The molecule has 0 aliphatic carbocycles. The average molecular weight is 567 g/mol. The molecular weight excluding hydrogens is 532 g/mol. The Balaban J connectivity index is 1.94. The largest absolute Gasteiger partial charge is 0.488 e. The second-order valence-electron chi connectivity index (χ2n) is 9.83. The van der Waals surface area contributed by atoms with Gasteiger partial charge in [0.15, 0.2) is 0 Å². The summed E-state index contributed by atoms with van der Waals surface area (Å²) in [6.45, 7) is 7.25. The lowest BCUT2D eigenvalue weighted by molar-refractivity contribution is 0.0387. The van der Waals surface area contributed by atoms with Crippen molar-refractivity contribution in [2.75, 3.05) is 32.1 Å². The van der Waals surface area contributed by atoms with Gasteiger partial charge in [-0.1, -0.05) is 18.5 Å². The maximum Gasteiger partial charge on any atom is 0.319 e. The number of halogens is 1. The summed E-state index contributed by atoms with van der Waals surface area (Å²) in [6.07, 6.45) is -0.620. The zero-order chi connectivity index (χ0) is 28.2. The van der Waals surface area contributed by atoms with Crippen molar-refractivity contribution in [2.24, 2.45) is 5.92 Å². The van der Waals surface area contributed by atoms with E-state index in [1.54, 1.807) is 24.0 Å². The van der Waals surface area contributed by atoms with Gasteiger partial charge in [-0.3, -0.25) is 4.79 Å². The zero-order valence-corrected chi connectivity index (χ0v) is 23.7. The van der Waals surface area contributed by atoms with Gasteiger partial charge in [0.1, 0.15) is 11.9 Å². The molecule has 208 valence electrons. The average Bonchev–Trinajstić information content (AvgIpc) is 2.85. The van der Waals surface area contributed by atoms with Crippen LogP contribution in [0.5, 0.6) is 5.75 Å². The van der Waals surface area contributed by atoms with E-state index in [-0.39, 0.29) is 53.8 Å². The van der Waals surface area contributed by atoms with Crippen molar-refractivity contribution in [1.82, 2.24) is 14.5 Å². The van der Waals surface area contributed by atoms with E-state index in [2.05, 4.69) is 10.6 Å². The highest BCUT2D eigenvalue weighted by molar-refractivity contribution is 7.89. The van der Waals surface area contributed by atoms with Gasteiger partial charge in [0.25, 0.3) is 5.91 Å². The number of nitrogens with one attached hydrogen (secondary N) is 2. The van der Waals surface area contributed by atoms with Crippen LogP contribution in [0, 0.1) is 5.92 Å². The molecule has 0 bridgehead atoms. The summed E-state index contributed by atoms with van der Waals surface area (Å²) in [4.78, 5) is 27.4. The number of ether oxygens (including phenoxy) is 1. The van der Waals surface area contributed by atoms with Crippen molar-refractivity contribution in [2.45, 2.75) is 50.8 Å². The van der Waals surface area contributed by atoms with Gasteiger partial charge >= 0.3 is 6.03 Å². The van der Waals surface area contributed by atoms with Crippen LogP contribution in [-0.2, 0) is 10.0 Å². The summed E-state index contributed by atoms with van der Waals surface area (Å²) < 4.78 is 33.9. The first-order chi connectivity index (χ1) is 17.8. The first-order valence-electron chi connectivity index (χ1n) is 12.4. The lowest BCUT2D eigenvalue weighted by Gasteiger charge is -2.38. The normalized spacial score (nSPS) is 18.9. The molecule has 2 aromatic carbocycles. The molecule has 0 saturated heterocycles. The second-order valence-corrected chi connectivity index (χ2v) is 12.3. The maximum atomic E-state index is 13.5. The van der Waals surface area contributed by atoms with E-state index >= 15 is 0 Å². The number of benzene rings is 2. The number of nitrogens with zero attached hydrogens (tertiary/aromatic N) is 2. The van der Waals surface area contributed by atoms with Crippen molar-refractivity contribution in [3.8, 4) is 5.75 Å². The van der Waals surface area contributed by atoms with Crippen molar-refractivity contribution in [3.05, 3.63) is 53.1 Å². The van der Waals surface area contributed by atoms with Crippen molar-refractivity contribution >= 4 is 39.2 Å². The van der Waals surface area contributed by atoms with Crippen LogP contribution in [0.3, 0.4) is 0 Å². The SMILES string of the molecule is CC(C)NC(=O)Nc1ccc2c(c1)C(=O)N([C@@H](C)CO)C[C@@H](C)[C@@H](CN(C)S(=O)(=O)c1ccc(Cl)cc1)O2. The Morgan fingerprint density at radius 2 is 1.87 bits per heavy atom. The number of carbonyl (C=O) groups is 2. The monoisotopic (exact) mass is 566 g/mol. The number of aliphatic hydroxyl groups is 1. The van der Waals surface area contributed by atoms with Crippen LogP contribution < -0.4 is 15.4 Å². The van der Waals surface area contributed by atoms with Gasteiger partial charge in [-0.15, -0.1) is 0 Å². The second kappa shape index (κ2) is 12.3. The maximum absolute atomic E-state index is 13.5. The molecule has 1 aliphatic heterocycles. The number of aliphatic hydroxyl groups excluding tert-OH is 1. The predicted octanol–water partition coefficient (Wildman–Crippen LogP) is 3.41. The highest BCUT2D eigenvalue weighted by Gasteiger charge is 2.35. The third-order valence-electron chi connectivity index (χ3n) is 6.30. The van der Waals surface area contributed by atoms with Gasteiger partial charge in [0.05, 0.1) is 29.7 Å². The zero-order valence-electron chi connectivity index (χ0n) is 22.1. The predicted molar refractivity (Wildman–Crippen MR) is 146 cm³/mol. The number of fused-ring (bicyclic) bond motifs is 1. The molecule has 0 aromatic heterocycles. The quantitative estimate of drug-likeness (QED) is 0.449. The van der Waals surface area contributed by atoms with Crippen LogP contribution in [0.4, 0.5) is 10.5 Å². The number of carbonyl (C=O) groups excluding carboxylic acids is 2. The minimum absolute atomic E-state index is 0.0118. The molecular formula is C26H35ClN4O6S. The molecule has 0 unspecified atom stereocenters. The van der Waals surface area contributed by atoms with Crippen molar-refractivity contribution in [3.63, 3.8) is 0 Å². The van der Waals surface area contributed by atoms with Crippen LogP contribution in [0.25, 0.3) is 0 Å². The highest BCUT2D eigenvalue weighted by Crippen LogP contribution is 2.31. The molecule has 38 heavy (non-hydrogen) atoms. The Labute approximate surface area is 229 Å². The summed E-state index contributed by atoms with van der Waals surface area (Å²) >= 11 is 5.92. The number of hydrogen-bond acceptors (Lipinski definition) is 6. The number of likely N-dealkylation sites (N-methyl/N-ethyl adjacent to an activating group) is 1. The van der Waals surface area contributed by atoms with Gasteiger partial charge < -0.3 is 25.4 Å². The Kier molecular flexibility index (Phi) is 9.64. The minimum Gasteiger partial charge on any atom is -0.488 e. The third-order valence-corrected chi connectivity index (χ3v) is 8.39. The first-order valence-corrected chi connectivity index (χ1v) is 14.2. The number of sulfonamides is 1. The molecule has 3 atom stereocenters. The van der Waals surface area contributed by atoms with Crippen molar-refractivity contribution in [1.29, 1.82) is 0 Å². The molecule has 1 heterocycles. The van der Waals surface area contributed by atoms with E-state index in [1.807, 2.05) is 20.8 Å². The molecule has 1 aliphatic rings. The summed E-state index contributed by atoms with van der Waals surface area (Å²) in [7, 11) is -2.36. The van der Waals surface area contributed by atoms with Crippen LogP contribution in [-0.4, -0.2) is 79.6 Å². The standard InChI is InChI=1S/C26H35ClN4O6S/c1-16(2)28-26(34)29-20-8-11-23-22(12-20)25(33)31(18(4)15-32)13-17(3)24(37-23)14-30(5)38(35,36)21-9-6-19(27)7-10-21/h6-12,16-18,24,32H,13-15H2,1-5H3,(H2,28,29,34)/t17-,18+,24-/m1/s1. The van der Waals surface area contributed by atoms with Crippen molar-refractivity contribution < 1.29 is 27.9 Å². The van der Waals surface area contributed by atoms with Crippen LogP contribution in [0.2, 0.25) is 5.02 Å². The Bertz CT molecular complexity index is 1250. The van der Waals surface area contributed by atoms with Gasteiger partial charge in [0, 0.05) is 36.3 Å². The summed E-state index contributed by atoms with van der Waals surface area (Å²) in [6, 6.07) is 9.65. The van der Waals surface area contributed by atoms with E-state index < -0.39 is 28.2 Å². The fraction of sp³-hybridized carbons (Fsp3) is 0.462. The molecule has 3 N–H and O–H groups in total. The smallest absolute Gasteiger partial charge is 0.319 e. The van der Waals surface area contributed by atoms with E-state index in [0.717, 1.165) is 0 Å². The summed E-state index contributed by atoms with van der Waals surface area (Å²) in [5.74, 6) is -0.380. The Hall–Kier alpha value is -2.86. The molecule has 3 rings (SSSR count).